The fourth-order valence-corrected chi connectivity index (χ4v) is 2.82. The van der Waals surface area contributed by atoms with Gasteiger partial charge in [-0.3, -0.25) is 14.9 Å². The zero-order valence-electron chi connectivity index (χ0n) is 14.2. The van der Waals surface area contributed by atoms with Crippen molar-refractivity contribution in [1.82, 2.24) is 5.43 Å². The lowest BCUT2D eigenvalue weighted by atomic mass is 10.1. The molecule has 0 aliphatic carbocycles. The van der Waals surface area contributed by atoms with E-state index in [1.54, 1.807) is 36.4 Å². The van der Waals surface area contributed by atoms with Gasteiger partial charge in [0, 0.05) is 16.1 Å². The van der Waals surface area contributed by atoms with Crippen molar-refractivity contribution in [2.24, 2.45) is 5.10 Å². The van der Waals surface area contributed by atoms with E-state index in [-0.39, 0.29) is 11.6 Å². The first-order valence-electron chi connectivity index (χ1n) is 7.89. The molecule has 0 aliphatic heterocycles. The molecule has 7 nitrogen and oxygen atoms in total. The highest BCUT2D eigenvalue weighted by Crippen LogP contribution is 2.33. The van der Waals surface area contributed by atoms with E-state index in [1.807, 2.05) is 19.1 Å². The molecule has 1 aromatic heterocycles. The van der Waals surface area contributed by atoms with Gasteiger partial charge >= 0.3 is 0 Å². The Kier molecular flexibility index (Phi) is 5.46. The topological polar surface area (TPSA) is 97.7 Å². The summed E-state index contributed by atoms with van der Waals surface area (Å²) in [6, 6.07) is 15.1. The molecule has 0 aliphatic rings. The third-order valence-corrected chi connectivity index (χ3v) is 4.29. The highest BCUT2D eigenvalue weighted by atomic mass is 79.9. The number of nitro groups is 1. The summed E-state index contributed by atoms with van der Waals surface area (Å²) in [7, 11) is 0. The number of furan rings is 1. The normalized spacial score (nSPS) is 10.9. The summed E-state index contributed by atoms with van der Waals surface area (Å²) in [5.74, 6) is 0.354. The van der Waals surface area contributed by atoms with E-state index in [2.05, 4.69) is 26.5 Å². The first-order valence-corrected chi connectivity index (χ1v) is 8.68. The van der Waals surface area contributed by atoms with Crippen LogP contribution in [0.1, 0.15) is 21.7 Å². The smallest absolute Gasteiger partial charge is 0.281 e. The molecule has 1 N–H and O–H groups in total. The highest BCUT2D eigenvalue weighted by molar-refractivity contribution is 9.10. The average Bonchev–Trinajstić information content (AvgIpc) is 3.10. The number of hydrogen-bond donors (Lipinski definition) is 1. The van der Waals surface area contributed by atoms with Crippen molar-refractivity contribution in [3.63, 3.8) is 0 Å². The number of hydrazone groups is 1. The fourth-order valence-electron chi connectivity index (χ4n) is 2.47. The van der Waals surface area contributed by atoms with Gasteiger partial charge in [0.15, 0.2) is 0 Å². The summed E-state index contributed by atoms with van der Waals surface area (Å²) in [4.78, 5) is 22.9. The minimum atomic E-state index is -0.473. The maximum Gasteiger partial charge on any atom is 0.281 e. The molecule has 0 bridgehead atoms. The number of carbonyl (C=O) groups is 1. The van der Waals surface area contributed by atoms with Crippen molar-refractivity contribution in [1.29, 1.82) is 0 Å². The second kappa shape index (κ2) is 7.96. The van der Waals surface area contributed by atoms with Crippen LogP contribution in [-0.2, 0) is 0 Å². The van der Waals surface area contributed by atoms with Crippen molar-refractivity contribution >= 4 is 33.7 Å². The number of rotatable bonds is 5. The predicted octanol–water partition coefficient (Wildman–Crippen LogP) is 4.69. The molecule has 3 aromatic rings. The molecule has 0 saturated heterocycles. The van der Waals surface area contributed by atoms with Gasteiger partial charge in [-0.2, -0.15) is 5.10 Å². The van der Waals surface area contributed by atoms with Crippen LogP contribution in [-0.4, -0.2) is 17.0 Å². The van der Waals surface area contributed by atoms with Gasteiger partial charge < -0.3 is 4.42 Å². The van der Waals surface area contributed by atoms with Crippen molar-refractivity contribution in [3.8, 4) is 11.3 Å². The lowest BCUT2D eigenvalue weighted by Gasteiger charge is -2.02. The monoisotopic (exact) mass is 427 g/mol. The number of amides is 1. The minimum absolute atomic E-state index is 0.0740. The Hall–Kier alpha value is -3.26. The standard InChI is InChI=1S/C19H14BrN3O4/c1-12-4-2-3-5-15(12)19(24)22-21-11-14-7-9-18(27-14)16-8-6-13(20)10-17(16)23(25)26/h2-11H,1H3,(H,22,24)/b21-11-. The van der Waals surface area contributed by atoms with Gasteiger partial charge in [0.2, 0.25) is 0 Å². The van der Waals surface area contributed by atoms with Gasteiger partial charge in [-0.15, -0.1) is 0 Å². The van der Waals surface area contributed by atoms with Gasteiger partial charge in [-0.1, -0.05) is 34.1 Å². The number of nitro benzene ring substituents is 1. The number of hydrogen-bond acceptors (Lipinski definition) is 5. The summed E-state index contributed by atoms with van der Waals surface area (Å²) in [6.07, 6.45) is 1.34. The molecule has 1 heterocycles. The van der Waals surface area contributed by atoms with Crippen LogP contribution in [0.4, 0.5) is 5.69 Å². The molecular weight excluding hydrogens is 414 g/mol. The van der Waals surface area contributed by atoms with Crippen LogP contribution >= 0.6 is 15.9 Å². The second-order valence-corrected chi connectivity index (χ2v) is 6.55. The molecule has 0 saturated carbocycles. The maximum atomic E-state index is 12.1. The molecule has 3 rings (SSSR count). The van der Waals surface area contributed by atoms with Crippen molar-refractivity contribution in [3.05, 3.63) is 86.1 Å². The van der Waals surface area contributed by atoms with E-state index >= 15 is 0 Å². The van der Waals surface area contributed by atoms with Crippen molar-refractivity contribution < 1.29 is 14.1 Å². The largest absolute Gasteiger partial charge is 0.455 e. The van der Waals surface area contributed by atoms with Crippen molar-refractivity contribution in [2.45, 2.75) is 6.92 Å². The number of nitrogens with zero attached hydrogens (tertiary/aromatic N) is 2. The van der Waals surface area contributed by atoms with Crippen LogP contribution in [0.25, 0.3) is 11.3 Å². The zero-order chi connectivity index (χ0) is 19.4. The Morgan fingerprint density at radius 1 is 1.22 bits per heavy atom. The number of aryl methyl sites for hydroxylation is 1. The Bertz CT molecular complexity index is 1040. The molecule has 0 atom stereocenters. The molecule has 27 heavy (non-hydrogen) atoms. The Morgan fingerprint density at radius 2 is 2.00 bits per heavy atom. The number of benzene rings is 2. The summed E-state index contributed by atoms with van der Waals surface area (Å²) >= 11 is 3.22. The third kappa shape index (κ3) is 4.29. The molecule has 0 unspecified atom stereocenters. The lowest BCUT2D eigenvalue weighted by molar-refractivity contribution is -0.384. The van der Waals surface area contributed by atoms with E-state index in [0.29, 0.717) is 27.1 Å². The molecule has 0 spiro atoms. The lowest BCUT2D eigenvalue weighted by Crippen LogP contribution is -2.18. The summed E-state index contributed by atoms with van der Waals surface area (Å²) in [5, 5.41) is 15.1. The van der Waals surface area contributed by atoms with E-state index in [0.717, 1.165) is 5.56 Å². The SMILES string of the molecule is Cc1ccccc1C(=O)N/N=C\c1ccc(-c2ccc(Br)cc2[N+](=O)[O-])o1. The maximum absolute atomic E-state index is 12.1. The van der Waals surface area contributed by atoms with Crippen molar-refractivity contribution in [2.75, 3.05) is 0 Å². The van der Waals surface area contributed by atoms with E-state index < -0.39 is 4.92 Å². The van der Waals surface area contributed by atoms with Crippen LogP contribution in [0.5, 0.6) is 0 Å². The molecule has 0 fully saturated rings. The molecule has 136 valence electrons. The quantitative estimate of drug-likeness (QED) is 0.362. The summed E-state index contributed by atoms with van der Waals surface area (Å²) in [5.41, 5.74) is 4.08. The third-order valence-electron chi connectivity index (χ3n) is 3.80. The minimum Gasteiger partial charge on any atom is -0.455 e. The molecule has 0 radical (unpaired) electrons. The van der Waals surface area contributed by atoms with Gasteiger partial charge in [-0.05, 0) is 42.8 Å². The Balaban J connectivity index is 1.75. The summed E-state index contributed by atoms with van der Waals surface area (Å²) in [6.45, 7) is 1.84. The fraction of sp³-hybridized carbons (Fsp3) is 0.0526. The summed E-state index contributed by atoms with van der Waals surface area (Å²) < 4.78 is 6.19. The van der Waals surface area contributed by atoms with E-state index in [4.69, 9.17) is 4.42 Å². The Morgan fingerprint density at radius 3 is 2.74 bits per heavy atom. The van der Waals surface area contributed by atoms with Gasteiger partial charge in [-0.25, -0.2) is 5.43 Å². The molecule has 2 aromatic carbocycles. The van der Waals surface area contributed by atoms with Crippen LogP contribution in [0.3, 0.4) is 0 Å². The highest BCUT2D eigenvalue weighted by Gasteiger charge is 2.18. The van der Waals surface area contributed by atoms with Crippen LogP contribution < -0.4 is 5.43 Å². The zero-order valence-corrected chi connectivity index (χ0v) is 15.8. The first kappa shape index (κ1) is 18.5. The Labute approximate surface area is 163 Å². The molecule has 1 amide bonds. The van der Waals surface area contributed by atoms with E-state index in [9.17, 15) is 14.9 Å². The molecule has 8 heteroatoms. The van der Waals surface area contributed by atoms with Crippen LogP contribution in [0, 0.1) is 17.0 Å². The van der Waals surface area contributed by atoms with Crippen LogP contribution in [0.2, 0.25) is 0 Å². The predicted molar refractivity (Wildman–Crippen MR) is 105 cm³/mol. The number of carbonyl (C=O) groups excluding carboxylic acids is 1. The number of halogens is 1. The average molecular weight is 428 g/mol. The number of nitrogens with one attached hydrogen (secondary N) is 1. The van der Waals surface area contributed by atoms with E-state index in [1.165, 1.54) is 12.3 Å². The van der Waals surface area contributed by atoms with Gasteiger partial charge in [0.05, 0.1) is 16.7 Å². The second-order valence-electron chi connectivity index (χ2n) is 5.63. The first-order chi connectivity index (χ1) is 13.0. The van der Waals surface area contributed by atoms with Gasteiger partial charge in [0.25, 0.3) is 11.6 Å². The van der Waals surface area contributed by atoms with Crippen LogP contribution in [0.15, 0.2) is 68.6 Å². The van der Waals surface area contributed by atoms with Gasteiger partial charge in [0.1, 0.15) is 11.5 Å². The molecular formula is C19H14BrN3O4.